The number of hydrogen-bond donors (Lipinski definition) is 0. The average Bonchev–Trinajstić information content (AvgIpc) is 2.66. The maximum Gasteiger partial charge on any atom is 0.360 e. The van der Waals surface area contributed by atoms with Crippen molar-refractivity contribution in [3.63, 3.8) is 0 Å². The lowest BCUT2D eigenvalue weighted by Gasteiger charge is -2.09. The molecule has 0 fully saturated rings. The van der Waals surface area contributed by atoms with Gasteiger partial charge in [0.1, 0.15) is 6.26 Å². The zero-order valence-corrected chi connectivity index (χ0v) is 8.61. The highest BCUT2D eigenvalue weighted by Gasteiger charge is 2.14. The molecular weight excluding hydrogens is 184 g/mol. The molecule has 0 saturated carbocycles. The number of anilines is 1. The van der Waals surface area contributed by atoms with E-state index in [1.54, 1.807) is 11.8 Å². The Hall–Kier alpha value is -1.52. The Balaban J connectivity index is 2.72. The first-order valence-corrected chi connectivity index (χ1v) is 4.52. The Bertz CT molecular complexity index is 309. The Morgan fingerprint density at radius 3 is 2.93 bits per heavy atom. The molecule has 0 aliphatic carbocycles. The first-order chi connectivity index (χ1) is 6.69. The van der Waals surface area contributed by atoms with Crippen LogP contribution in [0.15, 0.2) is 10.7 Å². The number of oxazole rings is 1. The molecule has 0 bridgehead atoms. The molecule has 1 aromatic heterocycles. The third-order valence-corrected chi connectivity index (χ3v) is 1.78. The Labute approximate surface area is 82.7 Å². The fourth-order valence-electron chi connectivity index (χ4n) is 0.874. The molecule has 1 aromatic rings. The van der Waals surface area contributed by atoms with Crippen molar-refractivity contribution in [2.24, 2.45) is 0 Å². The average molecular weight is 198 g/mol. The van der Waals surface area contributed by atoms with Crippen LogP contribution in [0.5, 0.6) is 0 Å². The Morgan fingerprint density at radius 2 is 2.36 bits per heavy atom. The summed E-state index contributed by atoms with van der Waals surface area (Å²) in [7, 11) is 1.83. The third-order valence-electron chi connectivity index (χ3n) is 1.78. The van der Waals surface area contributed by atoms with Gasteiger partial charge < -0.3 is 14.1 Å². The quantitative estimate of drug-likeness (QED) is 0.683. The van der Waals surface area contributed by atoms with Gasteiger partial charge in [-0.05, 0) is 13.8 Å². The van der Waals surface area contributed by atoms with E-state index in [2.05, 4.69) is 4.98 Å². The highest BCUT2D eigenvalue weighted by atomic mass is 16.5. The van der Waals surface area contributed by atoms with E-state index in [4.69, 9.17) is 9.15 Å². The van der Waals surface area contributed by atoms with Crippen molar-refractivity contribution in [1.29, 1.82) is 0 Å². The van der Waals surface area contributed by atoms with Crippen LogP contribution in [-0.4, -0.2) is 31.2 Å². The van der Waals surface area contributed by atoms with Crippen LogP contribution in [0, 0.1) is 0 Å². The fourth-order valence-corrected chi connectivity index (χ4v) is 0.874. The van der Waals surface area contributed by atoms with Gasteiger partial charge in [-0.3, -0.25) is 0 Å². The van der Waals surface area contributed by atoms with Crippen molar-refractivity contribution >= 4 is 12.0 Å². The van der Waals surface area contributed by atoms with Crippen molar-refractivity contribution < 1.29 is 13.9 Å². The van der Waals surface area contributed by atoms with Gasteiger partial charge in [0.2, 0.25) is 0 Å². The van der Waals surface area contributed by atoms with E-state index < -0.39 is 5.97 Å². The van der Waals surface area contributed by atoms with Crippen LogP contribution in [0.4, 0.5) is 6.01 Å². The largest absolute Gasteiger partial charge is 0.461 e. The number of ether oxygens (including phenoxy) is 1. The number of rotatable bonds is 4. The molecule has 1 heterocycles. The summed E-state index contributed by atoms with van der Waals surface area (Å²) in [6.07, 6.45) is 1.31. The lowest BCUT2D eigenvalue weighted by molar-refractivity contribution is 0.0519. The van der Waals surface area contributed by atoms with Gasteiger partial charge in [-0.15, -0.1) is 0 Å². The second-order valence-corrected chi connectivity index (χ2v) is 2.75. The predicted octanol–water partition coefficient (Wildman–Crippen LogP) is 1.31. The van der Waals surface area contributed by atoms with Crippen LogP contribution in [0.25, 0.3) is 0 Å². The summed E-state index contributed by atoms with van der Waals surface area (Å²) in [5.41, 5.74) is 0.210. The van der Waals surface area contributed by atoms with Crippen molar-refractivity contribution in [2.45, 2.75) is 13.8 Å². The molecule has 14 heavy (non-hydrogen) atoms. The van der Waals surface area contributed by atoms with E-state index in [-0.39, 0.29) is 5.69 Å². The third kappa shape index (κ3) is 2.25. The van der Waals surface area contributed by atoms with E-state index in [0.29, 0.717) is 12.6 Å². The summed E-state index contributed by atoms with van der Waals surface area (Å²) in [5.74, 6) is -0.452. The van der Waals surface area contributed by atoms with E-state index in [0.717, 1.165) is 6.54 Å². The number of esters is 1. The summed E-state index contributed by atoms with van der Waals surface area (Å²) in [4.78, 5) is 17.0. The first kappa shape index (κ1) is 10.6. The number of hydrogen-bond acceptors (Lipinski definition) is 5. The highest BCUT2D eigenvalue weighted by molar-refractivity contribution is 5.87. The molecule has 1 rings (SSSR count). The molecule has 5 heteroatoms. The summed E-state index contributed by atoms with van der Waals surface area (Å²) < 4.78 is 9.87. The van der Waals surface area contributed by atoms with Gasteiger partial charge >= 0.3 is 5.97 Å². The molecule has 0 aromatic carbocycles. The normalized spacial score (nSPS) is 9.93. The summed E-state index contributed by atoms with van der Waals surface area (Å²) in [5, 5.41) is 0. The molecule has 0 amide bonds. The van der Waals surface area contributed by atoms with Crippen LogP contribution in [0.3, 0.4) is 0 Å². The SMILES string of the molecule is CCOC(=O)c1coc(N(C)CC)n1. The molecule has 5 nitrogen and oxygen atoms in total. The smallest absolute Gasteiger partial charge is 0.360 e. The maximum absolute atomic E-state index is 11.2. The minimum Gasteiger partial charge on any atom is -0.461 e. The molecule has 0 atom stereocenters. The Kier molecular flexibility index (Phi) is 3.50. The minimum absolute atomic E-state index is 0.210. The molecule has 0 radical (unpaired) electrons. The van der Waals surface area contributed by atoms with E-state index in [1.165, 1.54) is 6.26 Å². The summed E-state index contributed by atoms with van der Waals surface area (Å²) >= 11 is 0. The monoisotopic (exact) mass is 198 g/mol. The van der Waals surface area contributed by atoms with Crippen LogP contribution in [0.1, 0.15) is 24.3 Å². The van der Waals surface area contributed by atoms with Gasteiger partial charge in [0, 0.05) is 13.6 Å². The van der Waals surface area contributed by atoms with E-state index >= 15 is 0 Å². The van der Waals surface area contributed by atoms with Crippen molar-refractivity contribution in [2.75, 3.05) is 25.1 Å². The molecule has 78 valence electrons. The second kappa shape index (κ2) is 4.64. The van der Waals surface area contributed by atoms with Gasteiger partial charge in [-0.1, -0.05) is 0 Å². The maximum atomic E-state index is 11.2. The van der Waals surface area contributed by atoms with Crippen molar-refractivity contribution in [1.82, 2.24) is 4.98 Å². The number of nitrogens with zero attached hydrogens (tertiary/aromatic N) is 2. The van der Waals surface area contributed by atoms with Crippen molar-refractivity contribution in [3.8, 4) is 0 Å². The molecule has 0 saturated heterocycles. The number of carbonyl (C=O) groups excluding carboxylic acids is 1. The zero-order chi connectivity index (χ0) is 10.6. The van der Waals surface area contributed by atoms with Crippen molar-refractivity contribution in [3.05, 3.63) is 12.0 Å². The van der Waals surface area contributed by atoms with Gasteiger partial charge in [-0.2, -0.15) is 4.98 Å². The number of aromatic nitrogens is 1. The number of carbonyl (C=O) groups is 1. The minimum atomic E-state index is -0.452. The Morgan fingerprint density at radius 1 is 1.64 bits per heavy atom. The lowest BCUT2D eigenvalue weighted by Crippen LogP contribution is -2.16. The van der Waals surface area contributed by atoms with Gasteiger partial charge in [0.15, 0.2) is 5.69 Å². The molecule has 0 aliphatic heterocycles. The highest BCUT2D eigenvalue weighted by Crippen LogP contribution is 2.12. The molecular formula is C9H14N2O3. The van der Waals surface area contributed by atoms with Gasteiger partial charge in [-0.25, -0.2) is 4.79 Å². The molecule has 0 aliphatic rings. The van der Waals surface area contributed by atoms with Crippen LogP contribution < -0.4 is 4.90 Å². The van der Waals surface area contributed by atoms with Gasteiger partial charge in [0.25, 0.3) is 6.01 Å². The molecule has 0 unspecified atom stereocenters. The van der Waals surface area contributed by atoms with Crippen LogP contribution in [-0.2, 0) is 4.74 Å². The first-order valence-electron chi connectivity index (χ1n) is 4.52. The summed E-state index contributed by atoms with van der Waals surface area (Å²) in [6, 6.07) is 0.426. The molecule has 0 spiro atoms. The predicted molar refractivity (Wildman–Crippen MR) is 51.4 cm³/mol. The standard InChI is InChI=1S/C9H14N2O3/c1-4-11(3)9-10-7(6-14-9)8(12)13-5-2/h6H,4-5H2,1-3H3. The van der Waals surface area contributed by atoms with E-state index in [1.807, 2.05) is 14.0 Å². The van der Waals surface area contributed by atoms with E-state index in [9.17, 15) is 4.79 Å². The van der Waals surface area contributed by atoms with Gasteiger partial charge in [0.05, 0.1) is 6.61 Å². The lowest BCUT2D eigenvalue weighted by atomic mass is 10.5. The molecule has 0 N–H and O–H groups in total. The van der Waals surface area contributed by atoms with Crippen LogP contribution in [0.2, 0.25) is 0 Å². The topological polar surface area (TPSA) is 55.6 Å². The fraction of sp³-hybridized carbons (Fsp3) is 0.556. The second-order valence-electron chi connectivity index (χ2n) is 2.75. The zero-order valence-electron chi connectivity index (χ0n) is 8.61. The van der Waals surface area contributed by atoms with Crippen LogP contribution >= 0.6 is 0 Å². The summed E-state index contributed by atoms with van der Waals surface area (Å²) in [6.45, 7) is 4.82.